The zero-order chi connectivity index (χ0) is 31.0. The van der Waals surface area contributed by atoms with E-state index in [0.717, 1.165) is 4.90 Å². The fourth-order valence-corrected chi connectivity index (χ4v) is 3.81. The van der Waals surface area contributed by atoms with Crippen LogP contribution in [0.4, 0.5) is 11.4 Å². The maximum Gasteiger partial charge on any atom is 0.277 e. The summed E-state index contributed by atoms with van der Waals surface area (Å²) in [7, 11) is 1.48. The lowest BCUT2D eigenvalue weighted by Crippen LogP contribution is -2.39. The summed E-state index contributed by atoms with van der Waals surface area (Å²) >= 11 is 0. The van der Waals surface area contributed by atoms with Crippen molar-refractivity contribution >= 4 is 29.1 Å². The van der Waals surface area contributed by atoms with Crippen molar-refractivity contribution < 1.29 is 30.1 Å². The summed E-state index contributed by atoms with van der Waals surface area (Å²) in [5.74, 6) is -2.24. The first-order valence-corrected chi connectivity index (χ1v) is 10.3. The summed E-state index contributed by atoms with van der Waals surface area (Å²) in [5.41, 5.74) is 5.49. The molecule has 9 heteroatoms. The van der Waals surface area contributed by atoms with E-state index in [1.165, 1.54) is 36.1 Å². The van der Waals surface area contributed by atoms with E-state index in [-0.39, 0.29) is 28.3 Å². The molecule has 2 aromatic carbocycles. The van der Waals surface area contributed by atoms with Gasteiger partial charge < -0.3 is 20.3 Å². The van der Waals surface area contributed by atoms with Crippen LogP contribution in [0.5, 0.6) is 5.75 Å². The lowest BCUT2D eigenvalue weighted by molar-refractivity contribution is -0.119. The van der Waals surface area contributed by atoms with Gasteiger partial charge in [-0.05, 0) is 67.7 Å². The van der Waals surface area contributed by atoms with Crippen LogP contribution in [0.15, 0.2) is 48.5 Å². The quantitative estimate of drug-likeness (QED) is 0.620. The third-order valence-electron chi connectivity index (χ3n) is 5.46. The van der Waals surface area contributed by atoms with Gasteiger partial charge in [-0.1, -0.05) is 0 Å². The van der Waals surface area contributed by atoms with E-state index in [0.29, 0.717) is 16.3 Å². The molecule has 0 aliphatic carbocycles. The number of nitrogens with zero attached hydrogens (tertiary/aromatic N) is 4. The van der Waals surface area contributed by atoms with Crippen LogP contribution in [0.3, 0.4) is 0 Å². The zero-order valence-electron chi connectivity index (χ0n) is 26.0. The number of rotatable bonds is 5. The number of benzene rings is 2. The Kier molecular flexibility index (Phi) is 3.62. The van der Waals surface area contributed by atoms with Gasteiger partial charge in [0.15, 0.2) is 5.69 Å². The molecule has 2 N–H and O–H groups in total. The molecule has 0 radical (unpaired) electrons. The van der Waals surface area contributed by atoms with Gasteiger partial charge in [-0.2, -0.15) is 5.10 Å². The molecule has 0 bridgehead atoms. The molecule has 3 amide bonds. The Hall–Kier alpha value is -4.14. The molecule has 1 aromatic heterocycles. The molecule has 5 rings (SSSR count). The second-order valence-electron chi connectivity index (χ2n) is 7.46. The molecule has 3 heterocycles. The lowest BCUT2D eigenvalue weighted by Gasteiger charge is -2.29. The number of fused-ring (bicyclic) bond motifs is 1. The summed E-state index contributed by atoms with van der Waals surface area (Å²) in [6.45, 7) is -5.43. The van der Waals surface area contributed by atoms with E-state index in [1.807, 2.05) is 0 Å². The Balaban J connectivity index is 1.57. The number of piperidine rings is 1. The first-order chi connectivity index (χ1) is 19.4. The second kappa shape index (κ2) is 8.66. The van der Waals surface area contributed by atoms with Crippen LogP contribution in [0.1, 0.15) is 56.7 Å². The van der Waals surface area contributed by atoms with Crippen molar-refractivity contribution in [3.8, 4) is 11.4 Å². The van der Waals surface area contributed by atoms with E-state index in [9.17, 15) is 14.4 Å². The minimum atomic E-state index is -3.06. The van der Waals surface area contributed by atoms with Crippen molar-refractivity contribution in [2.24, 2.45) is 5.73 Å². The number of carbonyl (C=O) groups excluding carboxylic acids is 3. The van der Waals surface area contributed by atoms with Gasteiger partial charge in [0, 0.05) is 44.6 Å². The number of hydrogen-bond acceptors (Lipinski definition) is 5. The summed E-state index contributed by atoms with van der Waals surface area (Å²) in [6, 6.07) is 11.4. The maximum absolute atomic E-state index is 13.9. The van der Waals surface area contributed by atoms with Gasteiger partial charge in [-0.15, -0.1) is 0 Å². The molecule has 2 aliphatic rings. The molecule has 0 spiro atoms. The van der Waals surface area contributed by atoms with E-state index in [4.69, 9.17) is 21.4 Å². The highest BCUT2D eigenvalue weighted by molar-refractivity contribution is 6.09. The normalized spacial score (nSPS) is 25.3. The number of aromatic nitrogens is 2. The standard InChI is InChI=1S/C25H25N5O4/c1-34-19-11-9-18(10-12-19)30-23-20(22(27-30)24(26)32)13-15-29(25(23)33)17-7-5-16(6-8-17)28-14-3-2-4-21(28)31/h5-12H,2-4,13-15H2,1H3,(H2,26,32)/i2D2,3D2,14D2,15D2. The van der Waals surface area contributed by atoms with Gasteiger partial charge >= 0.3 is 0 Å². The van der Waals surface area contributed by atoms with Crippen LogP contribution in [0.2, 0.25) is 0 Å². The molecular formula is C25H25N5O4. The maximum atomic E-state index is 13.9. The van der Waals surface area contributed by atoms with Gasteiger partial charge in [-0.25, -0.2) is 4.68 Å². The molecule has 0 atom stereocenters. The molecule has 0 saturated carbocycles. The molecule has 34 heavy (non-hydrogen) atoms. The Morgan fingerprint density at radius 2 is 1.59 bits per heavy atom. The van der Waals surface area contributed by atoms with Crippen molar-refractivity contribution in [2.75, 3.05) is 29.9 Å². The molecular weight excluding hydrogens is 434 g/mol. The SMILES string of the molecule is [2H]C1([2H])Cc2c(C(N)=O)nn(-c3ccc(OC)cc3)c2C(=O)N1c1ccc(N2C(=O)CC([2H])([2H])C([2H])([2H])C2([2H])[2H])cc1. The zero-order valence-corrected chi connectivity index (χ0v) is 18.0. The third kappa shape index (κ3) is 3.68. The number of methoxy groups -OCH3 is 1. The van der Waals surface area contributed by atoms with Crippen molar-refractivity contribution in [2.45, 2.75) is 25.6 Å². The molecule has 9 nitrogen and oxygen atoms in total. The smallest absolute Gasteiger partial charge is 0.277 e. The Morgan fingerprint density at radius 3 is 2.24 bits per heavy atom. The molecule has 0 unspecified atom stereocenters. The number of anilines is 2. The number of hydrogen-bond donors (Lipinski definition) is 1. The number of carbonyl (C=O) groups is 3. The number of amides is 3. The van der Waals surface area contributed by atoms with Crippen LogP contribution in [-0.2, 0) is 11.2 Å². The van der Waals surface area contributed by atoms with Crippen molar-refractivity contribution in [3.63, 3.8) is 0 Å². The van der Waals surface area contributed by atoms with Gasteiger partial charge in [0.25, 0.3) is 11.8 Å². The fraction of sp³-hybridized carbons (Fsp3) is 0.280. The molecule has 1 fully saturated rings. The van der Waals surface area contributed by atoms with Crippen molar-refractivity contribution in [1.82, 2.24) is 9.78 Å². The van der Waals surface area contributed by atoms with E-state index in [2.05, 4.69) is 5.10 Å². The molecule has 2 aliphatic heterocycles. The van der Waals surface area contributed by atoms with Crippen LogP contribution in [0.25, 0.3) is 5.69 Å². The Bertz CT molecular complexity index is 1610. The summed E-state index contributed by atoms with van der Waals surface area (Å²) in [4.78, 5) is 40.3. The molecule has 1 saturated heterocycles. The van der Waals surface area contributed by atoms with Gasteiger partial charge in [0.1, 0.15) is 11.4 Å². The van der Waals surface area contributed by atoms with Crippen LogP contribution >= 0.6 is 0 Å². The highest BCUT2D eigenvalue weighted by Crippen LogP contribution is 2.31. The predicted octanol–water partition coefficient (Wildman–Crippen LogP) is 2.70. The topological polar surface area (TPSA) is 111 Å². The van der Waals surface area contributed by atoms with E-state index >= 15 is 0 Å². The summed E-state index contributed by atoms with van der Waals surface area (Å²) < 4.78 is 72.1. The number of nitrogens with two attached hydrogens (primary N) is 1. The van der Waals surface area contributed by atoms with Gasteiger partial charge in [-0.3, -0.25) is 14.4 Å². The summed E-state index contributed by atoms with van der Waals surface area (Å²) in [5, 5.41) is 4.22. The lowest BCUT2D eigenvalue weighted by atomic mass is 10.0. The predicted molar refractivity (Wildman–Crippen MR) is 127 cm³/mol. The molecule has 3 aromatic rings. The summed E-state index contributed by atoms with van der Waals surface area (Å²) in [6.07, 6.45) is -7.14. The van der Waals surface area contributed by atoms with Gasteiger partial charge in [0.2, 0.25) is 5.91 Å². The van der Waals surface area contributed by atoms with E-state index < -0.39 is 56.3 Å². The largest absolute Gasteiger partial charge is 0.497 e. The fourth-order valence-electron chi connectivity index (χ4n) is 3.81. The van der Waals surface area contributed by atoms with Crippen molar-refractivity contribution in [3.05, 3.63) is 65.5 Å². The minimum absolute atomic E-state index is 0.0193. The van der Waals surface area contributed by atoms with Crippen molar-refractivity contribution in [1.29, 1.82) is 0 Å². The highest BCUT2D eigenvalue weighted by Gasteiger charge is 2.34. The average molecular weight is 468 g/mol. The van der Waals surface area contributed by atoms with Crippen LogP contribution in [0, 0.1) is 0 Å². The van der Waals surface area contributed by atoms with Crippen LogP contribution < -0.4 is 20.3 Å². The Labute approximate surface area is 207 Å². The third-order valence-corrected chi connectivity index (χ3v) is 5.46. The Morgan fingerprint density at radius 1 is 0.941 bits per heavy atom. The first-order valence-electron chi connectivity index (χ1n) is 14.3. The number of primary amides is 1. The number of ether oxygens (including phenoxy) is 1. The minimum Gasteiger partial charge on any atom is -0.497 e. The van der Waals surface area contributed by atoms with Gasteiger partial charge in [0.05, 0.1) is 15.5 Å². The highest BCUT2D eigenvalue weighted by atomic mass is 16.5. The average Bonchev–Trinajstić information content (AvgIpc) is 3.27. The molecule has 174 valence electrons. The van der Waals surface area contributed by atoms with E-state index in [1.54, 1.807) is 24.3 Å². The van der Waals surface area contributed by atoms with Crippen LogP contribution in [-0.4, -0.2) is 47.6 Å². The monoisotopic (exact) mass is 467 g/mol. The second-order valence-corrected chi connectivity index (χ2v) is 7.46. The first kappa shape index (κ1) is 14.2.